The third-order valence-electron chi connectivity index (χ3n) is 3.41. The van der Waals surface area contributed by atoms with Crippen molar-refractivity contribution in [1.82, 2.24) is 0 Å². The Morgan fingerprint density at radius 2 is 1.74 bits per heavy atom. The standard InChI is InChI=1S/C10H16B2O7/c1-5(13)14-4-6-7-8(17-11(2)16-6)9-10(15-7)19-12(3)18-9/h6-10H,4H2,1-3H3/t6-,7-,8+,9-,10-/m1/s1. The van der Waals surface area contributed by atoms with Gasteiger partial charge < -0.3 is 28.1 Å². The van der Waals surface area contributed by atoms with Gasteiger partial charge >= 0.3 is 20.2 Å². The maximum atomic E-state index is 10.9. The summed E-state index contributed by atoms with van der Waals surface area (Å²) in [5.74, 6) is -0.349. The minimum Gasteiger partial charge on any atom is -0.463 e. The van der Waals surface area contributed by atoms with Crippen LogP contribution in [0.4, 0.5) is 0 Å². The summed E-state index contributed by atoms with van der Waals surface area (Å²) < 4.78 is 33.2. The van der Waals surface area contributed by atoms with E-state index in [0.717, 1.165) is 0 Å². The van der Waals surface area contributed by atoms with Gasteiger partial charge in [0.1, 0.15) is 31.0 Å². The summed E-state index contributed by atoms with van der Waals surface area (Å²) in [7, 11) is -0.701. The van der Waals surface area contributed by atoms with Crippen molar-refractivity contribution in [3.8, 4) is 0 Å². The molecular weight excluding hydrogens is 254 g/mol. The van der Waals surface area contributed by atoms with Crippen molar-refractivity contribution < 1.29 is 32.9 Å². The summed E-state index contributed by atoms with van der Waals surface area (Å²) in [6, 6.07) is 0. The quantitative estimate of drug-likeness (QED) is 0.504. The van der Waals surface area contributed by atoms with Crippen molar-refractivity contribution in [3.05, 3.63) is 0 Å². The Balaban J connectivity index is 1.69. The molecule has 0 amide bonds. The zero-order valence-electron chi connectivity index (χ0n) is 11.1. The molecule has 104 valence electrons. The maximum absolute atomic E-state index is 10.9. The highest BCUT2D eigenvalue weighted by Crippen LogP contribution is 2.37. The lowest BCUT2D eigenvalue weighted by Gasteiger charge is -2.36. The van der Waals surface area contributed by atoms with Crippen LogP contribution in [0.3, 0.4) is 0 Å². The highest BCUT2D eigenvalue weighted by molar-refractivity contribution is 6.43. The van der Waals surface area contributed by atoms with E-state index in [1.54, 1.807) is 6.82 Å². The average Bonchev–Trinajstić information content (AvgIpc) is 2.83. The fourth-order valence-corrected chi connectivity index (χ4v) is 2.71. The number of carbonyl (C=O) groups is 1. The first-order chi connectivity index (χ1) is 9.04. The number of rotatable bonds is 2. The Morgan fingerprint density at radius 1 is 1.05 bits per heavy atom. The minimum atomic E-state index is -0.446. The molecule has 0 radical (unpaired) electrons. The first-order valence-corrected chi connectivity index (χ1v) is 6.45. The Hall–Kier alpha value is -0.600. The molecule has 3 fully saturated rings. The van der Waals surface area contributed by atoms with Crippen molar-refractivity contribution in [2.75, 3.05) is 6.61 Å². The summed E-state index contributed by atoms with van der Waals surface area (Å²) in [5, 5.41) is 0. The maximum Gasteiger partial charge on any atom is 0.455 e. The van der Waals surface area contributed by atoms with Gasteiger partial charge in [0.25, 0.3) is 0 Å². The zero-order chi connectivity index (χ0) is 13.6. The number of carbonyl (C=O) groups excluding carboxylic acids is 1. The van der Waals surface area contributed by atoms with Crippen LogP contribution < -0.4 is 0 Å². The van der Waals surface area contributed by atoms with Crippen molar-refractivity contribution in [3.63, 3.8) is 0 Å². The van der Waals surface area contributed by atoms with E-state index in [-0.39, 0.29) is 44.1 Å². The minimum absolute atomic E-state index is 0.138. The van der Waals surface area contributed by atoms with Gasteiger partial charge in [-0.25, -0.2) is 0 Å². The lowest BCUT2D eigenvalue weighted by molar-refractivity contribution is -0.160. The molecule has 0 aliphatic carbocycles. The van der Waals surface area contributed by atoms with Crippen LogP contribution in [0, 0.1) is 0 Å². The number of hydrogen-bond acceptors (Lipinski definition) is 7. The number of fused-ring (bicyclic) bond motifs is 3. The van der Waals surface area contributed by atoms with E-state index < -0.39 is 13.4 Å². The Labute approximate surface area is 112 Å². The van der Waals surface area contributed by atoms with Gasteiger partial charge in [-0.2, -0.15) is 0 Å². The first-order valence-electron chi connectivity index (χ1n) is 6.45. The molecule has 9 heteroatoms. The zero-order valence-corrected chi connectivity index (χ0v) is 11.1. The van der Waals surface area contributed by atoms with E-state index >= 15 is 0 Å². The normalized spacial score (nSPS) is 41.1. The van der Waals surface area contributed by atoms with Crippen LogP contribution in [-0.2, 0) is 32.9 Å². The molecule has 3 saturated heterocycles. The van der Waals surface area contributed by atoms with E-state index in [1.165, 1.54) is 6.92 Å². The van der Waals surface area contributed by atoms with Crippen LogP contribution in [-0.4, -0.2) is 57.5 Å². The van der Waals surface area contributed by atoms with Crippen LogP contribution in [0.15, 0.2) is 0 Å². The highest BCUT2D eigenvalue weighted by Gasteiger charge is 2.58. The second-order valence-electron chi connectivity index (χ2n) is 4.92. The van der Waals surface area contributed by atoms with Gasteiger partial charge in [0.15, 0.2) is 6.29 Å². The smallest absolute Gasteiger partial charge is 0.455 e. The Morgan fingerprint density at radius 3 is 2.47 bits per heavy atom. The second-order valence-corrected chi connectivity index (χ2v) is 4.92. The topological polar surface area (TPSA) is 72.5 Å². The molecule has 0 spiro atoms. The molecule has 0 N–H and O–H groups in total. The van der Waals surface area contributed by atoms with Gasteiger partial charge in [0.05, 0.1) is 0 Å². The summed E-state index contributed by atoms with van der Waals surface area (Å²) in [6.07, 6.45) is -1.69. The van der Waals surface area contributed by atoms with E-state index in [9.17, 15) is 4.79 Å². The van der Waals surface area contributed by atoms with Crippen LogP contribution >= 0.6 is 0 Å². The predicted molar refractivity (Wildman–Crippen MR) is 64.2 cm³/mol. The molecule has 3 aliphatic heterocycles. The fraction of sp³-hybridized carbons (Fsp3) is 0.900. The summed E-state index contributed by atoms with van der Waals surface area (Å²) in [6.45, 7) is 5.11. The SMILES string of the molecule is CB1O[C@H]2O[C@H]3[C@H](OB(C)O[C@@H]3COC(C)=O)[C@H]2O1. The first kappa shape index (κ1) is 13.4. The molecule has 0 aromatic heterocycles. The summed E-state index contributed by atoms with van der Waals surface area (Å²) in [5.41, 5.74) is 0. The van der Waals surface area contributed by atoms with Crippen LogP contribution in [0.1, 0.15) is 6.92 Å². The molecule has 0 aromatic carbocycles. The van der Waals surface area contributed by atoms with Gasteiger partial charge in [0, 0.05) is 6.92 Å². The van der Waals surface area contributed by atoms with Crippen LogP contribution in [0.5, 0.6) is 0 Å². The Bertz CT molecular complexity index is 368. The van der Waals surface area contributed by atoms with Crippen molar-refractivity contribution in [1.29, 1.82) is 0 Å². The van der Waals surface area contributed by atoms with E-state index in [2.05, 4.69) is 0 Å². The Kier molecular flexibility index (Phi) is 3.57. The molecule has 19 heavy (non-hydrogen) atoms. The van der Waals surface area contributed by atoms with Crippen molar-refractivity contribution in [2.24, 2.45) is 0 Å². The third kappa shape index (κ3) is 2.53. The molecule has 5 atom stereocenters. The molecule has 7 nitrogen and oxygen atoms in total. The average molecular weight is 270 g/mol. The van der Waals surface area contributed by atoms with Gasteiger partial charge in [-0.1, -0.05) is 0 Å². The number of esters is 1. The van der Waals surface area contributed by atoms with E-state index in [1.807, 2.05) is 6.82 Å². The molecule has 0 saturated carbocycles. The van der Waals surface area contributed by atoms with E-state index in [4.69, 9.17) is 28.1 Å². The number of ether oxygens (including phenoxy) is 2. The summed E-state index contributed by atoms with van der Waals surface area (Å²) >= 11 is 0. The fourth-order valence-electron chi connectivity index (χ4n) is 2.71. The predicted octanol–water partition coefficient (Wildman–Crippen LogP) is -0.290. The lowest BCUT2D eigenvalue weighted by Crippen LogP contribution is -2.54. The van der Waals surface area contributed by atoms with Gasteiger partial charge in [-0.15, -0.1) is 0 Å². The highest BCUT2D eigenvalue weighted by atomic mass is 16.8. The summed E-state index contributed by atoms with van der Waals surface area (Å²) in [4.78, 5) is 10.9. The van der Waals surface area contributed by atoms with Gasteiger partial charge in [0.2, 0.25) is 0 Å². The molecule has 0 unspecified atom stereocenters. The molecule has 0 bridgehead atoms. The monoisotopic (exact) mass is 270 g/mol. The molecule has 3 rings (SSSR count). The number of hydrogen-bond donors (Lipinski definition) is 0. The molecule has 3 heterocycles. The molecule has 3 aliphatic rings. The molecular formula is C10H16B2O7. The van der Waals surface area contributed by atoms with Gasteiger partial charge in [-0.3, -0.25) is 4.79 Å². The van der Waals surface area contributed by atoms with E-state index in [0.29, 0.717) is 0 Å². The lowest BCUT2D eigenvalue weighted by atomic mass is 9.88. The molecule has 0 aromatic rings. The van der Waals surface area contributed by atoms with Crippen LogP contribution in [0.2, 0.25) is 13.6 Å². The second kappa shape index (κ2) is 5.06. The van der Waals surface area contributed by atoms with Crippen molar-refractivity contribution in [2.45, 2.75) is 51.3 Å². The van der Waals surface area contributed by atoms with Gasteiger partial charge in [-0.05, 0) is 13.6 Å². The largest absolute Gasteiger partial charge is 0.463 e. The third-order valence-corrected chi connectivity index (χ3v) is 3.41. The van der Waals surface area contributed by atoms with Crippen LogP contribution in [0.25, 0.3) is 0 Å². The van der Waals surface area contributed by atoms with Crippen molar-refractivity contribution >= 4 is 20.2 Å².